The number of hydrogen-bond acceptors (Lipinski definition) is 4. The van der Waals surface area contributed by atoms with E-state index in [0.717, 1.165) is 16.6 Å². The Morgan fingerprint density at radius 1 is 1.42 bits per heavy atom. The van der Waals surface area contributed by atoms with Crippen molar-refractivity contribution >= 4 is 16.6 Å². The lowest BCUT2D eigenvalue weighted by molar-refractivity contribution is 0.0855. The van der Waals surface area contributed by atoms with Crippen molar-refractivity contribution < 1.29 is 4.74 Å². The van der Waals surface area contributed by atoms with E-state index in [1.807, 2.05) is 38.1 Å². The number of para-hydroxylation sites is 1. The predicted octanol–water partition coefficient (Wildman–Crippen LogP) is 2.94. The van der Waals surface area contributed by atoms with E-state index in [0.29, 0.717) is 18.7 Å². The van der Waals surface area contributed by atoms with E-state index in [1.165, 1.54) is 0 Å². The van der Waals surface area contributed by atoms with Crippen molar-refractivity contribution in [3.63, 3.8) is 0 Å². The van der Waals surface area contributed by atoms with Gasteiger partial charge in [0.05, 0.1) is 22.9 Å². The summed E-state index contributed by atoms with van der Waals surface area (Å²) in [6, 6.07) is 9.97. The second-order valence-corrected chi connectivity index (χ2v) is 4.32. The van der Waals surface area contributed by atoms with E-state index in [1.54, 1.807) is 6.20 Å². The fourth-order valence-electron chi connectivity index (χ4n) is 2.01. The molecule has 19 heavy (non-hydrogen) atoms. The fraction of sp³-hybridized carbons (Fsp3) is 0.333. The SMILES string of the molecule is CCOC(C)CNc1c(C#N)cnc2ccccc12. The third-order valence-corrected chi connectivity index (χ3v) is 2.91. The van der Waals surface area contributed by atoms with Crippen molar-refractivity contribution in [3.8, 4) is 6.07 Å². The lowest BCUT2D eigenvalue weighted by Gasteiger charge is -2.15. The molecule has 0 aliphatic rings. The number of rotatable bonds is 5. The molecule has 0 aliphatic carbocycles. The highest BCUT2D eigenvalue weighted by Gasteiger charge is 2.09. The topological polar surface area (TPSA) is 57.9 Å². The molecule has 1 aromatic carbocycles. The van der Waals surface area contributed by atoms with Gasteiger partial charge in [-0.3, -0.25) is 4.98 Å². The Bertz CT molecular complexity index is 604. The van der Waals surface area contributed by atoms with Crippen LogP contribution in [0.5, 0.6) is 0 Å². The van der Waals surface area contributed by atoms with E-state index >= 15 is 0 Å². The zero-order valence-electron chi connectivity index (χ0n) is 11.2. The monoisotopic (exact) mass is 255 g/mol. The number of benzene rings is 1. The maximum absolute atomic E-state index is 9.19. The summed E-state index contributed by atoms with van der Waals surface area (Å²) in [5.74, 6) is 0. The van der Waals surface area contributed by atoms with E-state index in [4.69, 9.17) is 4.74 Å². The van der Waals surface area contributed by atoms with Crippen LogP contribution in [0.2, 0.25) is 0 Å². The van der Waals surface area contributed by atoms with Crippen molar-refractivity contribution in [3.05, 3.63) is 36.0 Å². The highest BCUT2D eigenvalue weighted by atomic mass is 16.5. The van der Waals surface area contributed by atoms with Gasteiger partial charge in [0.25, 0.3) is 0 Å². The van der Waals surface area contributed by atoms with Crippen LogP contribution < -0.4 is 5.32 Å². The molecular weight excluding hydrogens is 238 g/mol. The molecule has 1 atom stereocenters. The van der Waals surface area contributed by atoms with Crippen molar-refractivity contribution in [2.24, 2.45) is 0 Å². The smallest absolute Gasteiger partial charge is 0.103 e. The number of hydrogen-bond donors (Lipinski definition) is 1. The number of nitriles is 1. The first-order valence-electron chi connectivity index (χ1n) is 6.39. The molecule has 4 heteroatoms. The van der Waals surface area contributed by atoms with Gasteiger partial charge < -0.3 is 10.1 Å². The number of aromatic nitrogens is 1. The first kappa shape index (κ1) is 13.3. The molecule has 0 fully saturated rings. The molecule has 0 bridgehead atoms. The largest absolute Gasteiger partial charge is 0.381 e. The number of nitrogens with one attached hydrogen (secondary N) is 1. The van der Waals surface area contributed by atoms with Gasteiger partial charge in [0.15, 0.2) is 0 Å². The lowest BCUT2D eigenvalue weighted by atomic mass is 10.1. The minimum Gasteiger partial charge on any atom is -0.381 e. The van der Waals surface area contributed by atoms with Crippen LogP contribution in [0, 0.1) is 11.3 Å². The number of nitrogens with zero attached hydrogens (tertiary/aromatic N) is 2. The third-order valence-electron chi connectivity index (χ3n) is 2.91. The van der Waals surface area contributed by atoms with Gasteiger partial charge in [0.2, 0.25) is 0 Å². The molecule has 1 N–H and O–H groups in total. The number of anilines is 1. The summed E-state index contributed by atoms with van der Waals surface area (Å²) in [6.07, 6.45) is 1.71. The molecule has 0 amide bonds. The Labute approximate surface area is 113 Å². The van der Waals surface area contributed by atoms with Crippen LogP contribution in [-0.4, -0.2) is 24.2 Å². The molecule has 0 radical (unpaired) electrons. The number of pyridine rings is 1. The molecule has 1 aromatic heterocycles. The molecule has 2 rings (SSSR count). The molecule has 0 saturated carbocycles. The molecule has 0 spiro atoms. The molecular formula is C15H17N3O. The molecule has 0 aliphatic heterocycles. The summed E-state index contributed by atoms with van der Waals surface area (Å²) in [7, 11) is 0. The Balaban J connectivity index is 2.32. The summed E-state index contributed by atoms with van der Waals surface area (Å²) < 4.78 is 5.49. The summed E-state index contributed by atoms with van der Waals surface area (Å²) in [6.45, 7) is 5.33. The molecule has 4 nitrogen and oxygen atoms in total. The number of fused-ring (bicyclic) bond motifs is 1. The zero-order chi connectivity index (χ0) is 13.7. The maximum Gasteiger partial charge on any atom is 0.103 e. The Hall–Kier alpha value is -2.12. The van der Waals surface area contributed by atoms with Crippen LogP contribution in [0.25, 0.3) is 10.9 Å². The Morgan fingerprint density at radius 3 is 2.95 bits per heavy atom. The van der Waals surface area contributed by atoms with Crippen LogP contribution >= 0.6 is 0 Å². The van der Waals surface area contributed by atoms with Crippen molar-refractivity contribution in [2.45, 2.75) is 20.0 Å². The normalized spacial score (nSPS) is 12.1. The minimum absolute atomic E-state index is 0.100. The van der Waals surface area contributed by atoms with Gasteiger partial charge in [0.1, 0.15) is 6.07 Å². The van der Waals surface area contributed by atoms with E-state index < -0.39 is 0 Å². The van der Waals surface area contributed by atoms with E-state index in [-0.39, 0.29) is 6.10 Å². The predicted molar refractivity (Wildman–Crippen MR) is 76.0 cm³/mol. The van der Waals surface area contributed by atoms with Gasteiger partial charge in [-0.05, 0) is 19.9 Å². The van der Waals surface area contributed by atoms with Gasteiger partial charge in [-0.1, -0.05) is 18.2 Å². The van der Waals surface area contributed by atoms with E-state index in [9.17, 15) is 5.26 Å². The second-order valence-electron chi connectivity index (χ2n) is 4.32. The minimum atomic E-state index is 0.100. The Morgan fingerprint density at radius 2 is 2.21 bits per heavy atom. The Kier molecular flexibility index (Phi) is 4.32. The van der Waals surface area contributed by atoms with Crippen molar-refractivity contribution in [1.82, 2.24) is 4.98 Å². The molecule has 2 aromatic rings. The molecule has 1 heterocycles. The highest BCUT2D eigenvalue weighted by Crippen LogP contribution is 2.25. The lowest BCUT2D eigenvalue weighted by Crippen LogP contribution is -2.20. The third kappa shape index (κ3) is 3.01. The van der Waals surface area contributed by atoms with Crippen LogP contribution in [0.4, 0.5) is 5.69 Å². The average Bonchev–Trinajstić information content (AvgIpc) is 2.44. The molecule has 1 unspecified atom stereocenters. The van der Waals surface area contributed by atoms with Gasteiger partial charge in [-0.2, -0.15) is 5.26 Å². The number of ether oxygens (including phenoxy) is 1. The summed E-state index contributed by atoms with van der Waals surface area (Å²) in [4.78, 5) is 4.28. The van der Waals surface area contributed by atoms with Crippen LogP contribution in [0.15, 0.2) is 30.5 Å². The standard InChI is InChI=1S/C15H17N3O/c1-3-19-11(2)9-18-15-12(8-16)10-17-14-7-5-4-6-13(14)15/h4-7,10-11H,3,9H2,1-2H3,(H,17,18). The molecule has 0 saturated heterocycles. The first-order valence-corrected chi connectivity index (χ1v) is 6.39. The van der Waals surface area contributed by atoms with Gasteiger partial charge in [-0.25, -0.2) is 0 Å². The van der Waals surface area contributed by atoms with Gasteiger partial charge in [0, 0.05) is 24.7 Å². The van der Waals surface area contributed by atoms with Crippen molar-refractivity contribution in [1.29, 1.82) is 5.26 Å². The first-order chi connectivity index (χ1) is 9.26. The zero-order valence-corrected chi connectivity index (χ0v) is 11.2. The summed E-state index contributed by atoms with van der Waals surface area (Å²) in [5, 5.41) is 13.5. The van der Waals surface area contributed by atoms with Crippen LogP contribution in [0.3, 0.4) is 0 Å². The summed E-state index contributed by atoms with van der Waals surface area (Å²) in [5.41, 5.74) is 2.27. The second kappa shape index (κ2) is 6.17. The average molecular weight is 255 g/mol. The summed E-state index contributed by atoms with van der Waals surface area (Å²) >= 11 is 0. The van der Waals surface area contributed by atoms with Gasteiger partial charge >= 0.3 is 0 Å². The van der Waals surface area contributed by atoms with Crippen LogP contribution in [0.1, 0.15) is 19.4 Å². The van der Waals surface area contributed by atoms with Gasteiger partial charge in [-0.15, -0.1) is 0 Å². The molecule has 98 valence electrons. The van der Waals surface area contributed by atoms with Crippen LogP contribution in [-0.2, 0) is 4.74 Å². The maximum atomic E-state index is 9.19. The van der Waals surface area contributed by atoms with Crippen molar-refractivity contribution in [2.75, 3.05) is 18.5 Å². The quantitative estimate of drug-likeness (QED) is 0.892. The highest BCUT2D eigenvalue weighted by molar-refractivity contribution is 5.93. The van der Waals surface area contributed by atoms with E-state index in [2.05, 4.69) is 16.4 Å². The fourth-order valence-corrected chi connectivity index (χ4v) is 2.01.